The highest BCUT2D eigenvalue weighted by molar-refractivity contribution is 5.81. The maximum Gasteiger partial charge on any atom is 0.408 e. The van der Waals surface area contributed by atoms with Crippen molar-refractivity contribution in [2.45, 2.75) is 24.9 Å². The van der Waals surface area contributed by atoms with Crippen LogP contribution in [0.15, 0.2) is 0 Å². The first-order valence-corrected chi connectivity index (χ1v) is 4.37. The monoisotopic (exact) mass is 201 g/mol. The van der Waals surface area contributed by atoms with Crippen LogP contribution >= 0.6 is 0 Å². The Labute approximate surface area is 79.7 Å². The van der Waals surface area contributed by atoms with Crippen molar-refractivity contribution in [2.75, 3.05) is 6.61 Å². The number of hydrogen-bond acceptors (Lipinski definition) is 3. The highest BCUT2D eigenvalue weighted by Crippen LogP contribution is 2.59. The van der Waals surface area contributed by atoms with Gasteiger partial charge in [-0.3, -0.25) is 4.90 Å². The first-order valence-electron chi connectivity index (χ1n) is 4.37. The van der Waals surface area contributed by atoms with Gasteiger partial charge in [0.15, 0.2) is 0 Å². The van der Waals surface area contributed by atoms with E-state index in [-0.39, 0.29) is 19.1 Å². The Kier molecular flexibility index (Phi) is 1.72. The van der Waals surface area contributed by atoms with Crippen LogP contribution in [-0.4, -0.2) is 51.0 Å². The largest absolute Gasteiger partial charge is 0.480 e. The minimum Gasteiger partial charge on any atom is -0.480 e. The van der Waals surface area contributed by atoms with Crippen molar-refractivity contribution >= 4 is 12.1 Å². The smallest absolute Gasteiger partial charge is 0.408 e. The normalized spacial score (nSPS) is 39.4. The summed E-state index contributed by atoms with van der Waals surface area (Å²) in [5.41, 5.74) is -0.471. The van der Waals surface area contributed by atoms with Crippen molar-refractivity contribution in [2.24, 2.45) is 5.41 Å². The number of hydrogen-bond donors (Lipinski definition) is 3. The number of aliphatic hydroxyl groups is 1. The maximum atomic E-state index is 10.8. The second kappa shape index (κ2) is 2.60. The van der Waals surface area contributed by atoms with Crippen molar-refractivity contribution in [1.82, 2.24) is 4.90 Å². The number of carboxylic acid groups (broad SMARTS) is 2. The van der Waals surface area contributed by atoms with Crippen LogP contribution in [-0.2, 0) is 4.79 Å². The lowest BCUT2D eigenvalue weighted by Gasteiger charge is -2.20. The number of piperidine rings is 1. The third kappa shape index (κ3) is 1.00. The second-order valence-corrected chi connectivity index (χ2v) is 3.99. The number of likely N-dealkylation sites (tertiary alicyclic amines) is 1. The molecule has 3 N–H and O–H groups in total. The zero-order valence-corrected chi connectivity index (χ0v) is 7.38. The third-order valence-electron chi connectivity index (χ3n) is 3.24. The molecule has 0 spiro atoms. The van der Waals surface area contributed by atoms with Crippen LogP contribution in [0, 0.1) is 5.41 Å². The van der Waals surface area contributed by atoms with Gasteiger partial charge < -0.3 is 15.3 Å². The number of fused-ring (bicyclic) bond motifs is 1. The molecule has 14 heavy (non-hydrogen) atoms. The molecule has 0 aromatic heterocycles. The fourth-order valence-corrected chi connectivity index (χ4v) is 2.35. The Hall–Kier alpha value is -1.30. The summed E-state index contributed by atoms with van der Waals surface area (Å²) in [4.78, 5) is 22.5. The predicted octanol–water partition coefficient (Wildman–Crippen LogP) is -0.426. The lowest BCUT2D eigenvalue weighted by molar-refractivity contribution is -0.142. The molecule has 3 atom stereocenters. The number of rotatable bonds is 2. The van der Waals surface area contributed by atoms with Gasteiger partial charge in [-0.15, -0.1) is 0 Å². The minimum atomic E-state index is -1.21. The van der Waals surface area contributed by atoms with Crippen molar-refractivity contribution in [3.05, 3.63) is 0 Å². The highest BCUT2D eigenvalue weighted by atomic mass is 16.4. The van der Waals surface area contributed by atoms with E-state index in [1.54, 1.807) is 0 Å². The molecule has 1 amide bonds. The van der Waals surface area contributed by atoms with E-state index in [1.165, 1.54) is 0 Å². The van der Waals surface area contributed by atoms with Crippen LogP contribution in [0.2, 0.25) is 0 Å². The fourth-order valence-electron chi connectivity index (χ4n) is 2.35. The van der Waals surface area contributed by atoms with E-state index in [2.05, 4.69) is 0 Å². The summed E-state index contributed by atoms with van der Waals surface area (Å²) < 4.78 is 0. The average molecular weight is 201 g/mol. The molecule has 1 aliphatic heterocycles. The van der Waals surface area contributed by atoms with E-state index in [1.807, 2.05) is 0 Å². The molecular weight excluding hydrogens is 190 g/mol. The SMILES string of the molecule is O=C(O)[C@@H]1CC2(CO)C[C@H]2N1C(=O)O. The van der Waals surface area contributed by atoms with Crippen LogP contribution in [0.25, 0.3) is 0 Å². The minimum absolute atomic E-state index is 0.134. The van der Waals surface area contributed by atoms with Gasteiger partial charge in [-0.2, -0.15) is 0 Å². The summed E-state index contributed by atoms with van der Waals surface area (Å²) in [6.07, 6.45) is -0.398. The summed E-state index contributed by atoms with van der Waals surface area (Å²) in [5.74, 6) is -1.13. The number of carbonyl (C=O) groups is 2. The predicted molar refractivity (Wildman–Crippen MR) is 43.8 cm³/mol. The topological polar surface area (TPSA) is 98.1 Å². The molecule has 1 unspecified atom stereocenters. The Balaban J connectivity index is 2.22. The van der Waals surface area contributed by atoms with Gasteiger partial charge in [-0.1, -0.05) is 0 Å². The summed E-state index contributed by atoms with van der Waals surface area (Å²) in [5, 5.41) is 26.7. The molecule has 6 heteroatoms. The summed E-state index contributed by atoms with van der Waals surface area (Å²) in [6, 6.07) is -1.29. The van der Waals surface area contributed by atoms with Gasteiger partial charge in [-0.05, 0) is 12.8 Å². The third-order valence-corrected chi connectivity index (χ3v) is 3.24. The van der Waals surface area contributed by atoms with Gasteiger partial charge in [0, 0.05) is 11.5 Å². The quantitative estimate of drug-likeness (QED) is 0.563. The zero-order valence-electron chi connectivity index (χ0n) is 7.38. The van der Waals surface area contributed by atoms with Crippen LogP contribution in [0.3, 0.4) is 0 Å². The Bertz CT molecular complexity index is 304. The Morgan fingerprint density at radius 3 is 2.36 bits per heavy atom. The van der Waals surface area contributed by atoms with E-state index in [0.29, 0.717) is 6.42 Å². The van der Waals surface area contributed by atoms with Crippen molar-refractivity contribution in [1.29, 1.82) is 0 Å². The van der Waals surface area contributed by atoms with Crippen molar-refractivity contribution in [3.8, 4) is 0 Å². The van der Waals surface area contributed by atoms with Gasteiger partial charge in [0.2, 0.25) is 0 Å². The second-order valence-electron chi connectivity index (χ2n) is 3.99. The first kappa shape index (κ1) is 9.26. The fraction of sp³-hybridized carbons (Fsp3) is 0.750. The van der Waals surface area contributed by atoms with Crippen molar-refractivity contribution < 1.29 is 24.9 Å². The van der Waals surface area contributed by atoms with E-state index in [4.69, 9.17) is 15.3 Å². The van der Waals surface area contributed by atoms with Gasteiger partial charge >= 0.3 is 12.1 Å². The molecule has 2 rings (SSSR count). The van der Waals surface area contributed by atoms with E-state index < -0.39 is 23.5 Å². The lowest BCUT2D eigenvalue weighted by Crippen LogP contribution is -2.42. The van der Waals surface area contributed by atoms with Gasteiger partial charge in [-0.25, -0.2) is 9.59 Å². The first-order chi connectivity index (χ1) is 6.52. The molecule has 0 aromatic carbocycles. The molecule has 2 aliphatic rings. The summed E-state index contributed by atoms with van der Waals surface area (Å²) in [6.45, 7) is -0.134. The molecule has 1 saturated carbocycles. The zero-order chi connectivity index (χ0) is 10.5. The van der Waals surface area contributed by atoms with Crippen molar-refractivity contribution in [3.63, 3.8) is 0 Å². The van der Waals surface area contributed by atoms with Crippen LogP contribution < -0.4 is 0 Å². The highest BCUT2D eigenvalue weighted by Gasteiger charge is 2.67. The van der Waals surface area contributed by atoms with Crippen LogP contribution in [0.1, 0.15) is 12.8 Å². The molecule has 1 saturated heterocycles. The van der Waals surface area contributed by atoms with Crippen LogP contribution in [0.4, 0.5) is 4.79 Å². The molecular formula is C8H11NO5. The van der Waals surface area contributed by atoms with E-state index in [9.17, 15) is 9.59 Å². The molecule has 1 aliphatic carbocycles. The molecule has 6 nitrogen and oxygen atoms in total. The molecule has 0 radical (unpaired) electrons. The number of aliphatic carboxylic acids is 1. The Morgan fingerprint density at radius 2 is 2.00 bits per heavy atom. The maximum absolute atomic E-state index is 10.8. The number of carboxylic acids is 1. The molecule has 2 fully saturated rings. The Morgan fingerprint density at radius 1 is 1.36 bits per heavy atom. The number of nitrogens with zero attached hydrogens (tertiary/aromatic N) is 1. The van der Waals surface area contributed by atoms with Gasteiger partial charge in [0.1, 0.15) is 6.04 Å². The summed E-state index contributed by atoms with van der Waals surface area (Å²) in [7, 11) is 0. The molecule has 1 heterocycles. The molecule has 0 bridgehead atoms. The van der Waals surface area contributed by atoms with E-state index >= 15 is 0 Å². The van der Waals surface area contributed by atoms with Crippen LogP contribution in [0.5, 0.6) is 0 Å². The van der Waals surface area contributed by atoms with Gasteiger partial charge in [0.05, 0.1) is 6.61 Å². The van der Waals surface area contributed by atoms with Gasteiger partial charge in [0.25, 0.3) is 0 Å². The van der Waals surface area contributed by atoms with E-state index in [0.717, 1.165) is 4.90 Å². The summed E-state index contributed by atoms with van der Waals surface area (Å²) >= 11 is 0. The molecule has 78 valence electrons. The standard InChI is InChI=1S/C8H11NO5/c10-3-8-1-4(6(11)12)9(7(13)14)5(8)2-8/h4-5,10H,1-3H2,(H,11,12)(H,13,14)/t4-,5+,8?/m0/s1. The number of amides is 1. The molecule has 0 aromatic rings. The number of aliphatic hydroxyl groups excluding tert-OH is 1. The average Bonchev–Trinajstić information content (AvgIpc) is 2.71. The lowest BCUT2D eigenvalue weighted by atomic mass is 10.0.